The van der Waals surface area contributed by atoms with Crippen LogP contribution in [0.4, 0.5) is 0 Å². The zero-order chi connectivity index (χ0) is 17.3. The van der Waals surface area contributed by atoms with Gasteiger partial charge in [0.1, 0.15) is 0 Å². The van der Waals surface area contributed by atoms with Crippen molar-refractivity contribution in [1.82, 2.24) is 0 Å². The predicted octanol–water partition coefficient (Wildman–Crippen LogP) is 6.04. The molecule has 2 nitrogen and oxygen atoms in total. The van der Waals surface area contributed by atoms with Gasteiger partial charge in [-0.25, -0.2) is 0 Å². The quantitative estimate of drug-likeness (QED) is 0.511. The molecule has 0 bridgehead atoms. The van der Waals surface area contributed by atoms with Gasteiger partial charge in [0.25, 0.3) is 0 Å². The molecule has 5 heteroatoms. The largest absolute Gasteiger partial charge is 0.481 e. The van der Waals surface area contributed by atoms with Crippen LogP contribution in [0.1, 0.15) is 25.0 Å². The number of halogens is 3. The van der Waals surface area contributed by atoms with E-state index in [1.165, 1.54) is 5.56 Å². The van der Waals surface area contributed by atoms with Crippen LogP contribution in [0.2, 0.25) is 0 Å². The average molecular weight is 507 g/mol. The molecule has 1 N–H and O–H groups in total. The minimum absolute atomic E-state index is 0.00254. The van der Waals surface area contributed by atoms with E-state index in [9.17, 15) is 9.90 Å². The highest BCUT2D eigenvalue weighted by Gasteiger charge is 2.74. The van der Waals surface area contributed by atoms with Gasteiger partial charge in [0, 0.05) is 5.92 Å². The molecule has 0 aromatic heterocycles. The molecule has 0 heterocycles. The van der Waals surface area contributed by atoms with E-state index in [1.807, 2.05) is 43.1 Å². The first-order valence-electron chi connectivity index (χ1n) is 7.35. The third-order valence-electron chi connectivity index (χ3n) is 5.00. The van der Waals surface area contributed by atoms with Gasteiger partial charge in [0.15, 0.2) is 0 Å². The molecule has 1 aromatic carbocycles. The molecule has 23 heavy (non-hydrogen) atoms. The van der Waals surface area contributed by atoms with Gasteiger partial charge < -0.3 is 5.11 Å². The Kier molecular flexibility index (Phi) is 5.96. The van der Waals surface area contributed by atoms with Gasteiger partial charge in [0.2, 0.25) is 0 Å². The molecule has 0 amide bonds. The third-order valence-corrected chi connectivity index (χ3v) is 5.90. The fourth-order valence-corrected chi connectivity index (χ4v) is 4.21. The second-order valence-electron chi connectivity index (χ2n) is 6.49. The Hall–Kier alpha value is -0.390. The molecule has 2 rings (SSSR count). The summed E-state index contributed by atoms with van der Waals surface area (Å²) in [6.07, 6.45) is 5.40. The van der Waals surface area contributed by atoms with Crippen molar-refractivity contribution in [3.8, 4) is 0 Å². The molecule has 1 saturated carbocycles. The highest BCUT2D eigenvalue weighted by molar-refractivity contribution is 9.28. The summed E-state index contributed by atoms with van der Waals surface area (Å²) in [6, 6.07) is 8.22. The third kappa shape index (κ3) is 3.67. The Morgan fingerprint density at radius 2 is 1.78 bits per heavy atom. The molecule has 1 aliphatic carbocycles. The van der Waals surface area contributed by atoms with Crippen molar-refractivity contribution >= 4 is 53.8 Å². The van der Waals surface area contributed by atoms with E-state index in [1.54, 1.807) is 0 Å². The number of carboxylic acid groups (broad SMARTS) is 1. The highest BCUT2D eigenvalue weighted by Crippen LogP contribution is 2.71. The van der Waals surface area contributed by atoms with Crippen LogP contribution in [0.25, 0.3) is 0 Å². The van der Waals surface area contributed by atoms with Crippen molar-refractivity contribution in [2.45, 2.75) is 26.7 Å². The first-order chi connectivity index (χ1) is 10.8. The van der Waals surface area contributed by atoms with Crippen molar-refractivity contribution in [1.29, 1.82) is 0 Å². The molecular weight excluding hydrogens is 488 g/mol. The van der Waals surface area contributed by atoms with E-state index in [0.29, 0.717) is 6.42 Å². The standard InChI is InChI=1S/C18H19Br3O2/c1-17(2)14(10-15(20)21)18(17,16(22)23)11-13-7-5-12(6-8-13)4-3-9-19/h3,5-10,14H,4,11H2,1-2H3,(H,22,23)/b9-3-. The lowest BCUT2D eigenvalue weighted by Gasteiger charge is -2.16. The summed E-state index contributed by atoms with van der Waals surface area (Å²) >= 11 is 9.99. The molecule has 2 atom stereocenters. The molecule has 0 spiro atoms. The summed E-state index contributed by atoms with van der Waals surface area (Å²) in [6.45, 7) is 4.06. The van der Waals surface area contributed by atoms with E-state index < -0.39 is 11.4 Å². The number of rotatable bonds is 6. The predicted molar refractivity (Wildman–Crippen MR) is 105 cm³/mol. The number of aliphatic carboxylic acids is 1. The number of hydrogen-bond donors (Lipinski definition) is 1. The fraction of sp³-hybridized carbons (Fsp3) is 0.389. The summed E-state index contributed by atoms with van der Waals surface area (Å²) in [4.78, 5) is 13.9. The molecular formula is C18H19Br3O2. The molecule has 1 aliphatic rings. The van der Waals surface area contributed by atoms with Gasteiger partial charge in [-0.2, -0.15) is 0 Å². The van der Waals surface area contributed by atoms with Crippen LogP contribution in [-0.2, 0) is 17.6 Å². The Morgan fingerprint density at radius 1 is 1.22 bits per heavy atom. The molecule has 0 saturated heterocycles. The van der Waals surface area contributed by atoms with E-state index in [-0.39, 0.29) is 11.3 Å². The Morgan fingerprint density at radius 3 is 2.26 bits per heavy atom. The maximum Gasteiger partial charge on any atom is 0.311 e. The number of carboxylic acids is 1. The summed E-state index contributed by atoms with van der Waals surface area (Å²) in [5.74, 6) is -0.728. The Bertz CT molecular complexity index is 643. The smallest absolute Gasteiger partial charge is 0.311 e. The van der Waals surface area contributed by atoms with Crippen LogP contribution in [0.5, 0.6) is 0 Å². The van der Waals surface area contributed by atoms with Gasteiger partial charge in [-0.1, -0.05) is 66.2 Å². The summed E-state index contributed by atoms with van der Waals surface area (Å²) in [5.41, 5.74) is 1.25. The van der Waals surface area contributed by atoms with Crippen LogP contribution < -0.4 is 0 Å². The van der Waals surface area contributed by atoms with Crippen molar-refractivity contribution < 1.29 is 9.90 Å². The van der Waals surface area contributed by atoms with E-state index >= 15 is 0 Å². The zero-order valence-electron chi connectivity index (χ0n) is 13.0. The van der Waals surface area contributed by atoms with Crippen LogP contribution in [0.3, 0.4) is 0 Å². The maximum atomic E-state index is 12.0. The highest BCUT2D eigenvalue weighted by atomic mass is 79.9. The Labute approximate surface area is 162 Å². The number of carbonyl (C=O) groups is 1. The first-order valence-corrected chi connectivity index (χ1v) is 9.85. The molecule has 0 radical (unpaired) electrons. The lowest BCUT2D eigenvalue weighted by Crippen LogP contribution is -2.24. The first kappa shape index (κ1) is 18.9. The van der Waals surface area contributed by atoms with E-state index in [4.69, 9.17) is 0 Å². The second kappa shape index (κ2) is 7.24. The summed E-state index contributed by atoms with van der Waals surface area (Å²) in [7, 11) is 0. The lowest BCUT2D eigenvalue weighted by molar-refractivity contribution is -0.145. The van der Waals surface area contributed by atoms with Crippen LogP contribution in [-0.4, -0.2) is 11.1 Å². The van der Waals surface area contributed by atoms with Crippen LogP contribution in [0, 0.1) is 16.7 Å². The van der Waals surface area contributed by atoms with E-state index in [0.717, 1.165) is 15.4 Å². The minimum Gasteiger partial charge on any atom is -0.481 e. The van der Waals surface area contributed by atoms with Gasteiger partial charge in [0.05, 0.1) is 8.81 Å². The van der Waals surface area contributed by atoms with Crippen LogP contribution >= 0.6 is 47.8 Å². The summed E-state index contributed by atoms with van der Waals surface area (Å²) in [5, 5.41) is 9.88. The molecule has 124 valence electrons. The topological polar surface area (TPSA) is 37.3 Å². The van der Waals surface area contributed by atoms with Crippen molar-refractivity contribution in [2.75, 3.05) is 0 Å². The number of allylic oxidation sites excluding steroid dienone is 2. The van der Waals surface area contributed by atoms with Gasteiger partial charge in [-0.3, -0.25) is 4.79 Å². The van der Waals surface area contributed by atoms with Crippen molar-refractivity contribution in [2.24, 2.45) is 16.7 Å². The Balaban J connectivity index is 2.25. The number of benzene rings is 1. The lowest BCUT2D eigenvalue weighted by atomic mass is 9.88. The second-order valence-corrected chi connectivity index (χ2v) is 9.79. The van der Waals surface area contributed by atoms with Gasteiger partial charge in [-0.15, -0.1) is 0 Å². The average Bonchev–Trinajstić information content (AvgIpc) is 2.94. The van der Waals surface area contributed by atoms with E-state index in [2.05, 4.69) is 59.9 Å². The SMILES string of the molecule is CC1(C)C(C=C(Br)Br)C1(Cc1ccc(C/C=C\Br)cc1)C(=O)O. The monoisotopic (exact) mass is 504 g/mol. The van der Waals surface area contributed by atoms with Crippen molar-refractivity contribution in [3.05, 3.63) is 55.9 Å². The molecule has 1 aromatic rings. The fourth-order valence-electron chi connectivity index (χ4n) is 3.49. The number of hydrogen-bond acceptors (Lipinski definition) is 1. The van der Waals surface area contributed by atoms with Crippen molar-refractivity contribution in [3.63, 3.8) is 0 Å². The molecule has 1 fully saturated rings. The maximum absolute atomic E-state index is 12.0. The molecule has 2 unspecified atom stereocenters. The zero-order valence-corrected chi connectivity index (χ0v) is 17.8. The minimum atomic E-state index is -0.753. The van der Waals surface area contributed by atoms with Gasteiger partial charge >= 0.3 is 5.97 Å². The van der Waals surface area contributed by atoms with Gasteiger partial charge in [-0.05, 0) is 66.2 Å². The summed E-state index contributed by atoms with van der Waals surface area (Å²) < 4.78 is 0.808. The normalized spacial score (nSPS) is 25.3. The molecule has 0 aliphatic heterocycles. The van der Waals surface area contributed by atoms with Crippen LogP contribution in [0.15, 0.2) is 44.8 Å².